The molecule has 3 nitrogen and oxygen atoms in total. The van der Waals surface area contributed by atoms with Gasteiger partial charge in [0, 0.05) is 16.7 Å². The van der Waals surface area contributed by atoms with Crippen molar-refractivity contribution in [2.75, 3.05) is 18.4 Å². The molecule has 0 spiro atoms. The normalized spacial score (nSPS) is 10.2. The van der Waals surface area contributed by atoms with E-state index >= 15 is 0 Å². The van der Waals surface area contributed by atoms with Crippen molar-refractivity contribution in [1.82, 2.24) is 5.32 Å². The van der Waals surface area contributed by atoms with Crippen molar-refractivity contribution in [3.63, 3.8) is 0 Å². The molecule has 0 saturated heterocycles. The second kappa shape index (κ2) is 7.84. The minimum Gasteiger partial charge on any atom is -0.375 e. The van der Waals surface area contributed by atoms with E-state index in [0.717, 1.165) is 16.6 Å². The molecule has 1 amide bonds. The number of nitrogens with one attached hydrogen (secondary N) is 2. The molecule has 0 radical (unpaired) electrons. The molecule has 0 bridgehead atoms. The maximum atomic E-state index is 11.8. The van der Waals surface area contributed by atoms with Crippen LogP contribution in [0.2, 0.25) is 0 Å². The lowest BCUT2D eigenvalue weighted by atomic mass is 10.1. The molecule has 0 heterocycles. The number of aryl methyl sites for hydroxylation is 1. The third-order valence-electron chi connectivity index (χ3n) is 3.14. The SMILES string of the molecule is Cc1ccc(NCC(=O)NCCc2ccccc2)c(Br)c1. The second-order valence-electron chi connectivity index (χ2n) is 4.92. The molecule has 110 valence electrons. The fraction of sp³-hybridized carbons (Fsp3) is 0.235. The minimum atomic E-state index is -0.00148. The Labute approximate surface area is 133 Å². The fourth-order valence-corrected chi connectivity index (χ4v) is 2.63. The van der Waals surface area contributed by atoms with Crippen LogP contribution in [-0.4, -0.2) is 19.0 Å². The van der Waals surface area contributed by atoms with Crippen LogP contribution in [0.1, 0.15) is 11.1 Å². The minimum absolute atomic E-state index is 0.00148. The van der Waals surface area contributed by atoms with E-state index in [-0.39, 0.29) is 12.5 Å². The molecular formula is C17H19BrN2O. The van der Waals surface area contributed by atoms with Crippen LogP contribution in [-0.2, 0) is 11.2 Å². The van der Waals surface area contributed by atoms with Crippen molar-refractivity contribution in [3.05, 3.63) is 64.1 Å². The van der Waals surface area contributed by atoms with Gasteiger partial charge < -0.3 is 10.6 Å². The van der Waals surface area contributed by atoms with E-state index in [1.165, 1.54) is 11.1 Å². The third kappa shape index (κ3) is 5.23. The summed E-state index contributed by atoms with van der Waals surface area (Å²) in [5, 5.41) is 6.05. The van der Waals surface area contributed by atoms with E-state index in [9.17, 15) is 4.79 Å². The largest absolute Gasteiger partial charge is 0.375 e. The Kier molecular flexibility index (Phi) is 5.81. The predicted octanol–water partition coefficient (Wildman–Crippen LogP) is 3.53. The highest BCUT2D eigenvalue weighted by Gasteiger charge is 2.03. The Morgan fingerprint density at radius 1 is 1.14 bits per heavy atom. The summed E-state index contributed by atoms with van der Waals surface area (Å²) in [7, 11) is 0. The van der Waals surface area contributed by atoms with Crippen LogP contribution in [0, 0.1) is 6.92 Å². The number of amides is 1. The van der Waals surface area contributed by atoms with Gasteiger partial charge in [0.1, 0.15) is 0 Å². The molecule has 2 aromatic carbocycles. The number of hydrogen-bond donors (Lipinski definition) is 2. The summed E-state index contributed by atoms with van der Waals surface area (Å²) in [4.78, 5) is 11.8. The lowest BCUT2D eigenvalue weighted by Gasteiger charge is -2.10. The second-order valence-corrected chi connectivity index (χ2v) is 5.78. The molecule has 0 atom stereocenters. The molecule has 2 rings (SSSR count). The summed E-state index contributed by atoms with van der Waals surface area (Å²) in [5.74, 6) is -0.00148. The van der Waals surface area contributed by atoms with Crippen molar-refractivity contribution >= 4 is 27.5 Å². The van der Waals surface area contributed by atoms with E-state index in [1.807, 2.05) is 43.3 Å². The number of carbonyl (C=O) groups excluding carboxylic acids is 1. The maximum absolute atomic E-state index is 11.8. The van der Waals surface area contributed by atoms with Gasteiger partial charge in [0.05, 0.1) is 6.54 Å². The summed E-state index contributed by atoms with van der Waals surface area (Å²) in [6.07, 6.45) is 0.848. The molecule has 0 fully saturated rings. The van der Waals surface area contributed by atoms with Gasteiger partial charge in [0.2, 0.25) is 5.91 Å². The van der Waals surface area contributed by atoms with E-state index in [4.69, 9.17) is 0 Å². The average Bonchev–Trinajstić information content (AvgIpc) is 2.47. The highest BCUT2D eigenvalue weighted by atomic mass is 79.9. The Bertz CT molecular complexity index is 599. The Balaban J connectivity index is 1.72. The van der Waals surface area contributed by atoms with Crippen LogP contribution in [0.3, 0.4) is 0 Å². The van der Waals surface area contributed by atoms with Gasteiger partial charge in [-0.15, -0.1) is 0 Å². The van der Waals surface area contributed by atoms with Crippen molar-refractivity contribution in [3.8, 4) is 0 Å². The van der Waals surface area contributed by atoms with Crippen molar-refractivity contribution in [1.29, 1.82) is 0 Å². The van der Waals surface area contributed by atoms with Gasteiger partial charge in [-0.3, -0.25) is 4.79 Å². The quantitative estimate of drug-likeness (QED) is 0.839. The summed E-state index contributed by atoms with van der Waals surface area (Å²) >= 11 is 3.49. The maximum Gasteiger partial charge on any atom is 0.239 e. The zero-order chi connectivity index (χ0) is 15.1. The van der Waals surface area contributed by atoms with Gasteiger partial charge in [-0.1, -0.05) is 36.4 Å². The fourth-order valence-electron chi connectivity index (χ4n) is 1.99. The molecule has 21 heavy (non-hydrogen) atoms. The van der Waals surface area contributed by atoms with Crippen LogP contribution in [0.25, 0.3) is 0 Å². The molecule has 2 N–H and O–H groups in total. The molecule has 0 unspecified atom stereocenters. The molecule has 0 saturated carbocycles. The number of hydrogen-bond acceptors (Lipinski definition) is 2. The topological polar surface area (TPSA) is 41.1 Å². The van der Waals surface area contributed by atoms with Crippen LogP contribution >= 0.6 is 15.9 Å². The van der Waals surface area contributed by atoms with Crippen molar-refractivity contribution in [2.24, 2.45) is 0 Å². The van der Waals surface area contributed by atoms with Gasteiger partial charge >= 0.3 is 0 Å². The lowest BCUT2D eigenvalue weighted by molar-refractivity contribution is -0.119. The summed E-state index contributed by atoms with van der Waals surface area (Å²) < 4.78 is 0.972. The predicted molar refractivity (Wildman–Crippen MR) is 90.5 cm³/mol. The number of anilines is 1. The standard InChI is InChI=1S/C17H19BrN2O/c1-13-7-8-16(15(18)11-13)20-12-17(21)19-10-9-14-5-3-2-4-6-14/h2-8,11,20H,9-10,12H2,1H3,(H,19,21). The number of rotatable bonds is 6. The zero-order valence-electron chi connectivity index (χ0n) is 12.0. The smallest absolute Gasteiger partial charge is 0.239 e. The third-order valence-corrected chi connectivity index (χ3v) is 3.80. The first-order valence-corrected chi connectivity index (χ1v) is 7.75. The molecule has 2 aromatic rings. The van der Waals surface area contributed by atoms with Gasteiger partial charge in [0.15, 0.2) is 0 Å². The Morgan fingerprint density at radius 3 is 2.62 bits per heavy atom. The number of halogens is 1. The molecular weight excluding hydrogens is 328 g/mol. The summed E-state index contributed by atoms with van der Waals surface area (Å²) in [5.41, 5.74) is 3.34. The molecule has 0 aliphatic rings. The first-order chi connectivity index (χ1) is 10.1. The van der Waals surface area contributed by atoms with Crippen LogP contribution in [0.5, 0.6) is 0 Å². The van der Waals surface area contributed by atoms with Gasteiger partial charge in [-0.2, -0.15) is 0 Å². The molecule has 0 aliphatic heterocycles. The summed E-state index contributed by atoms with van der Waals surface area (Å²) in [6.45, 7) is 2.96. The van der Waals surface area contributed by atoms with Gasteiger partial charge in [0.25, 0.3) is 0 Å². The van der Waals surface area contributed by atoms with Crippen molar-refractivity contribution < 1.29 is 4.79 Å². The van der Waals surface area contributed by atoms with Gasteiger partial charge in [-0.05, 0) is 52.5 Å². The van der Waals surface area contributed by atoms with Crippen LogP contribution < -0.4 is 10.6 Å². The van der Waals surface area contributed by atoms with Crippen LogP contribution in [0.4, 0.5) is 5.69 Å². The highest BCUT2D eigenvalue weighted by molar-refractivity contribution is 9.10. The van der Waals surface area contributed by atoms with E-state index in [0.29, 0.717) is 6.54 Å². The number of carbonyl (C=O) groups is 1. The van der Waals surface area contributed by atoms with E-state index in [2.05, 4.69) is 38.7 Å². The Hall–Kier alpha value is -1.81. The first kappa shape index (κ1) is 15.6. The Morgan fingerprint density at radius 2 is 1.90 bits per heavy atom. The molecule has 4 heteroatoms. The lowest BCUT2D eigenvalue weighted by Crippen LogP contribution is -2.31. The monoisotopic (exact) mass is 346 g/mol. The van der Waals surface area contributed by atoms with Crippen LogP contribution in [0.15, 0.2) is 53.0 Å². The summed E-state index contributed by atoms with van der Waals surface area (Å²) in [6, 6.07) is 16.1. The highest BCUT2D eigenvalue weighted by Crippen LogP contribution is 2.22. The zero-order valence-corrected chi connectivity index (χ0v) is 13.6. The van der Waals surface area contributed by atoms with E-state index < -0.39 is 0 Å². The van der Waals surface area contributed by atoms with E-state index in [1.54, 1.807) is 0 Å². The average molecular weight is 347 g/mol. The molecule has 0 aliphatic carbocycles. The first-order valence-electron chi connectivity index (χ1n) is 6.96. The van der Waals surface area contributed by atoms with Crippen molar-refractivity contribution in [2.45, 2.75) is 13.3 Å². The molecule has 0 aromatic heterocycles. The number of benzene rings is 2. The van der Waals surface area contributed by atoms with Gasteiger partial charge in [-0.25, -0.2) is 0 Å².